The zero-order chi connectivity index (χ0) is 12.3. The van der Waals surface area contributed by atoms with Crippen LogP contribution < -0.4 is 4.74 Å². The van der Waals surface area contributed by atoms with Gasteiger partial charge in [0.2, 0.25) is 0 Å². The first kappa shape index (κ1) is 13.5. The van der Waals surface area contributed by atoms with Gasteiger partial charge in [-0.2, -0.15) is 13.2 Å². The van der Waals surface area contributed by atoms with Crippen molar-refractivity contribution in [2.75, 3.05) is 6.61 Å². The Bertz CT molecular complexity index is 404. The van der Waals surface area contributed by atoms with Crippen molar-refractivity contribution in [3.63, 3.8) is 0 Å². The number of aldehydes is 1. The summed E-state index contributed by atoms with van der Waals surface area (Å²) < 4.78 is 41.1. The minimum atomic E-state index is -4.41. The molecule has 0 saturated carbocycles. The van der Waals surface area contributed by atoms with E-state index in [0.29, 0.717) is 15.2 Å². The molecule has 0 spiro atoms. The highest BCUT2D eigenvalue weighted by Crippen LogP contribution is 2.32. The number of hydrogen-bond donors (Lipinski definition) is 0. The molecule has 1 aromatic rings. The van der Waals surface area contributed by atoms with Crippen molar-refractivity contribution in [2.45, 2.75) is 6.18 Å². The maximum atomic E-state index is 11.9. The Hall–Kier alpha value is -0.560. The van der Waals surface area contributed by atoms with E-state index in [0.717, 1.165) is 0 Å². The summed E-state index contributed by atoms with van der Waals surface area (Å²) in [5.74, 6) is -0.0253. The van der Waals surface area contributed by atoms with Gasteiger partial charge in [0.25, 0.3) is 0 Å². The minimum absolute atomic E-state index is 0.0253. The molecular weight excluding hydrogens is 357 g/mol. The molecule has 2 nitrogen and oxygen atoms in total. The van der Waals surface area contributed by atoms with Crippen LogP contribution in [0.3, 0.4) is 0 Å². The highest BCUT2D eigenvalue weighted by molar-refractivity contribution is 9.11. The van der Waals surface area contributed by atoms with Crippen LogP contribution in [0.2, 0.25) is 0 Å². The predicted octanol–water partition coefficient (Wildman–Crippen LogP) is 3.97. The molecular formula is C9H5Br2F3O2. The number of halogens is 5. The van der Waals surface area contributed by atoms with Crippen LogP contribution in [-0.2, 0) is 0 Å². The highest BCUT2D eigenvalue weighted by atomic mass is 79.9. The largest absolute Gasteiger partial charge is 0.483 e. The molecule has 0 aliphatic carbocycles. The van der Waals surface area contributed by atoms with Gasteiger partial charge in [-0.3, -0.25) is 4.79 Å². The monoisotopic (exact) mass is 360 g/mol. The lowest BCUT2D eigenvalue weighted by Gasteiger charge is -2.11. The van der Waals surface area contributed by atoms with Gasteiger partial charge < -0.3 is 4.74 Å². The minimum Gasteiger partial charge on any atom is -0.483 e. The van der Waals surface area contributed by atoms with Crippen molar-refractivity contribution in [3.8, 4) is 5.75 Å². The van der Waals surface area contributed by atoms with E-state index in [1.165, 1.54) is 12.1 Å². The van der Waals surface area contributed by atoms with Crippen molar-refractivity contribution in [1.82, 2.24) is 0 Å². The second-order valence-electron chi connectivity index (χ2n) is 2.83. The first-order valence-corrected chi connectivity index (χ1v) is 5.56. The summed E-state index contributed by atoms with van der Waals surface area (Å²) in [5.41, 5.74) is 0.223. The van der Waals surface area contributed by atoms with Crippen LogP contribution in [0, 0.1) is 0 Å². The van der Waals surface area contributed by atoms with E-state index in [9.17, 15) is 18.0 Å². The molecule has 88 valence electrons. The smallest absolute Gasteiger partial charge is 0.422 e. The average molecular weight is 362 g/mol. The molecule has 7 heteroatoms. The maximum Gasteiger partial charge on any atom is 0.422 e. The van der Waals surface area contributed by atoms with Gasteiger partial charge in [-0.05, 0) is 28.1 Å². The zero-order valence-corrected chi connectivity index (χ0v) is 10.8. The molecule has 0 amide bonds. The topological polar surface area (TPSA) is 26.3 Å². The number of benzene rings is 1. The molecule has 1 rings (SSSR count). The Morgan fingerprint density at radius 1 is 1.25 bits per heavy atom. The van der Waals surface area contributed by atoms with Crippen molar-refractivity contribution < 1.29 is 22.7 Å². The third-order valence-corrected chi connectivity index (χ3v) is 2.88. The highest BCUT2D eigenvalue weighted by Gasteiger charge is 2.28. The first-order valence-electron chi connectivity index (χ1n) is 3.97. The fourth-order valence-corrected chi connectivity index (χ4v) is 2.11. The van der Waals surface area contributed by atoms with E-state index in [2.05, 4.69) is 36.6 Å². The quantitative estimate of drug-likeness (QED) is 0.761. The summed E-state index contributed by atoms with van der Waals surface area (Å²) in [5, 5.41) is 0. The molecule has 0 atom stereocenters. The van der Waals surface area contributed by atoms with E-state index in [-0.39, 0.29) is 11.3 Å². The number of ether oxygens (including phenoxy) is 1. The maximum absolute atomic E-state index is 11.9. The normalized spacial score (nSPS) is 11.3. The van der Waals surface area contributed by atoms with Crippen LogP contribution in [0.5, 0.6) is 5.75 Å². The molecule has 0 aromatic heterocycles. The average Bonchev–Trinajstić information content (AvgIpc) is 2.15. The van der Waals surface area contributed by atoms with E-state index in [1.54, 1.807) is 0 Å². The fraction of sp³-hybridized carbons (Fsp3) is 0.222. The van der Waals surface area contributed by atoms with Gasteiger partial charge in [-0.1, -0.05) is 15.9 Å². The van der Waals surface area contributed by atoms with E-state index >= 15 is 0 Å². The zero-order valence-electron chi connectivity index (χ0n) is 7.65. The third-order valence-electron chi connectivity index (χ3n) is 1.57. The standard InChI is InChI=1S/C9H5Br2F3O2/c10-6-2-7(11)8(1-5(6)3-15)16-4-9(12,13)14/h1-3H,4H2. The summed E-state index contributed by atoms with van der Waals surface area (Å²) in [6, 6.07) is 2.68. The second-order valence-corrected chi connectivity index (χ2v) is 4.53. The third kappa shape index (κ3) is 3.79. The Morgan fingerprint density at radius 2 is 1.88 bits per heavy atom. The number of carbonyl (C=O) groups is 1. The molecule has 0 N–H and O–H groups in total. The van der Waals surface area contributed by atoms with Crippen LogP contribution in [0.1, 0.15) is 10.4 Å². The molecule has 0 radical (unpaired) electrons. The van der Waals surface area contributed by atoms with E-state index in [1.807, 2.05) is 0 Å². The van der Waals surface area contributed by atoms with Gasteiger partial charge in [-0.25, -0.2) is 0 Å². The Balaban J connectivity index is 2.92. The first-order chi connectivity index (χ1) is 7.33. The fourth-order valence-electron chi connectivity index (χ4n) is 0.905. The Morgan fingerprint density at radius 3 is 2.38 bits per heavy atom. The molecule has 16 heavy (non-hydrogen) atoms. The Labute approximate surface area is 106 Å². The van der Waals surface area contributed by atoms with Gasteiger partial charge in [0.05, 0.1) is 4.47 Å². The summed E-state index contributed by atoms with van der Waals surface area (Å²) >= 11 is 6.13. The molecule has 0 fully saturated rings. The van der Waals surface area contributed by atoms with Gasteiger partial charge in [0.1, 0.15) is 5.75 Å². The van der Waals surface area contributed by atoms with Crippen LogP contribution >= 0.6 is 31.9 Å². The van der Waals surface area contributed by atoms with Crippen molar-refractivity contribution in [3.05, 3.63) is 26.6 Å². The van der Waals surface area contributed by atoms with Gasteiger partial charge >= 0.3 is 6.18 Å². The van der Waals surface area contributed by atoms with Crippen LogP contribution in [0.4, 0.5) is 13.2 Å². The SMILES string of the molecule is O=Cc1cc(OCC(F)(F)F)c(Br)cc1Br. The predicted molar refractivity (Wildman–Crippen MR) is 58.8 cm³/mol. The number of hydrogen-bond acceptors (Lipinski definition) is 2. The van der Waals surface area contributed by atoms with E-state index in [4.69, 9.17) is 0 Å². The summed E-state index contributed by atoms with van der Waals surface area (Å²) in [6.07, 6.45) is -3.88. The number of rotatable bonds is 3. The summed E-state index contributed by atoms with van der Waals surface area (Å²) in [4.78, 5) is 10.6. The molecule has 1 aromatic carbocycles. The van der Waals surface area contributed by atoms with Crippen LogP contribution in [0.25, 0.3) is 0 Å². The van der Waals surface area contributed by atoms with Gasteiger partial charge in [0.15, 0.2) is 12.9 Å². The number of alkyl halides is 3. The molecule has 0 bridgehead atoms. The van der Waals surface area contributed by atoms with E-state index < -0.39 is 12.8 Å². The van der Waals surface area contributed by atoms with Crippen molar-refractivity contribution in [2.24, 2.45) is 0 Å². The molecule has 0 aliphatic heterocycles. The molecule has 0 saturated heterocycles. The molecule has 0 aliphatic rings. The Kier molecular flexibility index (Phi) is 4.37. The summed E-state index contributed by atoms with van der Waals surface area (Å²) in [6.45, 7) is -1.40. The van der Waals surface area contributed by atoms with Crippen LogP contribution in [-0.4, -0.2) is 19.1 Å². The summed E-state index contributed by atoms with van der Waals surface area (Å²) in [7, 11) is 0. The van der Waals surface area contributed by atoms with Crippen molar-refractivity contribution >= 4 is 38.1 Å². The number of carbonyl (C=O) groups excluding carboxylic acids is 1. The lowest BCUT2D eigenvalue weighted by molar-refractivity contribution is -0.153. The molecule has 0 unspecified atom stereocenters. The van der Waals surface area contributed by atoms with Gasteiger partial charge in [0, 0.05) is 10.0 Å². The second kappa shape index (κ2) is 5.18. The molecule has 0 heterocycles. The van der Waals surface area contributed by atoms with Crippen LogP contribution in [0.15, 0.2) is 21.1 Å². The lowest BCUT2D eigenvalue weighted by Crippen LogP contribution is -2.19. The lowest BCUT2D eigenvalue weighted by atomic mass is 10.2. The van der Waals surface area contributed by atoms with Gasteiger partial charge in [-0.15, -0.1) is 0 Å². The van der Waals surface area contributed by atoms with Crippen molar-refractivity contribution in [1.29, 1.82) is 0 Å².